The van der Waals surface area contributed by atoms with Crippen molar-refractivity contribution >= 4 is 23.0 Å². The van der Waals surface area contributed by atoms with Crippen LogP contribution in [0.2, 0.25) is 5.02 Å². The summed E-state index contributed by atoms with van der Waals surface area (Å²) in [4.78, 5) is 0. The minimum Gasteiger partial charge on any atom is -0.508 e. The van der Waals surface area contributed by atoms with Crippen LogP contribution in [-0.2, 0) is 0 Å². The van der Waals surface area contributed by atoms with Gasteiger partial charge in [-0.15, -0.1) is 0 Å². The van der Waals surface area contributed by atoms with E-state index < -0.39 is 0 Å². The van der Waals surface area contributed by atoms with Gasteiger partial charge in [0, 0.05) is 5.69 Å². The molecule has 0 unspecified atom stereocenters. The molecule has 2 rings (SSSR count). The molecule has 0 saturated heterocycles. The predicted octanol–water partition coefficient (Wildman–Crippen LogP) is 3.49. The number of nitrogens with one attached hydrogen (secondary N) is 1. The molecule has 0 amide bonds. The molecule has 0 atom stereocenters. The van der Waals surface area contributed by atoms with Crippen LogP contribution in [0.25, 0.3) is 0 Å². The van der Waals surface area contributed by atoms with Crippen LogP contribution < -0.4 is 5.32 Å². The Bertz CT molecular complexity index is 497. The van der Waals surface area contributed by atoms with Gasteiger partial charge in [0.25, 0.3) is 0 Å². The highest BCUT2D eigenvalue weighted by atomic mass is 35.5. The molecule has 0 fully saturated rings. The Hall–Kier alpha value is -1.87. The first-order valence-electron chi connectivity index (χ1n) is 4.70. The van der Waals surface area contributed by atoms with E-state index in [1.165, 1.54) is 0 Å². The molecule has 3 nitrogen and oxygen atoms in total. The van der Waals surface area contributed by atoms with Crippen molar-refractivity contribution < 1.29 is 10.2 Å². The van der Waals surface area contributed by atoms with Gasteiger partial charge in [0.15, 0.2) is 5.75 Å². The van der Waals surface area contributed by atoms with E-state index in [1.807, 2.05) is 0 Å². The molecule has 0 saturated carbocycles. The van der Waals surface area contributed by atoms with E-state index >= 15 is 0 Å². The number of hydrogen-bond acceptors (Lipinski definition) is 3. The van der Waals surface area contributed by atoms with Crippen molar-refractivity contribution in [3.8, 4) is 11.5 Å². The maximum absolute atomic E-state index is 9.67. The number of halogens is 1. The van der Waals surface area contributed by atoms with E-state index in [-0.39, 0.29) is 11.5 Å². The maximum atomic E-state index is 9.67. The van der Waals surface area contributed by atoms with Crippen molar-refractivity contribution in [3.63, 3.8) is 0 Å². The molecule has 82 valence electrons. The topological polar surface area (TPSA) is 52.5 Å². The van der Waals surface area contributed by atoms with Gasteiger partial charge in [-0.05, 0) is 36.4 Å². The number of phenolic OH excluding ortho intramolecular Hbond substituents is 2. The summed E-state index contributed by atoms with van der Waals surface area (Å²) in [6, 6.07) is 11.6. The van der Waals surface area contributed by atoms with E-state index in [0.717, 1.165) is 5.69 Å². The van der Waals surface area contributed by atoms with E-state index in [9.17, 15) is 5.11 Å². The number of benzene rings is 2. The van der Waals surface area contributed by atoms with Gasteiger partial charge in [0.1, 0.15) is 5.75 Å². The SMILES string of the molecule is Oc1ccc(Nc2cccc(Cl)c2O)cc1. The molecule has 2 aromatic carbocycles. The summed E-state index contributed by atoms with van der Waals surface area (Å²) in [5.74, 6) is 0.207. The van der Waals surface area contributed by atoms with Crippen LogP contribution in [0.15, 0.2) is 42.5 Å². The zero-order valence-electron chi connectivity index (χ0n) is 8.31. The van der Waals surface area contributed by atoms with Crippen LogP contribution >= 0.6 is 11.6 Å². The molecule has 0 bridgehead atoms. The second-order valence-corrected chi connectivity index (χ2v) is 3.72. The molecule has 0 heterocycles. The first kappa shape index (κ1) is 10.6. The molecule has 0 radical (unpaired) electrons. The number of rotatable bonds is 2. The van der Waals surface area contributed by atoms with Gasteiger partial charge < -0.3 is 15.5 Å². The van der Waals surface area contributed by atoms with Gasteiger partial charge in [-0.1, -0.05) is 17.7 Å². The highest BCUT2D eigenvalue weighted by Crippen LogP contribution is 2.33. The van der Waals surface area contributed by atoms with Crippen molar-refractivity contribution in [2.75, 3.05) is 5.32 Å². The summed E-state index contributed by atoms with van der Waals surface area (Å²) in [7, 11) is 0. The average molecular weight is 236 g/mol. The molecule has 4 heteroatoms. The van der Waals surface area contributed by atoms with E-state index in [0.29, 0.717) is 10.7 Å². The molecular weight excluding hydrogens is 226 g/mol. The van der Waals surface area contributed by atoms with Crippen molar-refractivity contribution in [1.29, 1.82) is 0 Å². The molecule has 0 aliphatic rings. The summed E-state index contributed by atoms with van der Waals surface area (Å²) in [5.41, 5.74) is 1.29. The maximum Gasteiger partial charge on any atom is 0.157 e. The van der Waals surface area contributed by atoms with Crippen LogP contribution in [0.5, 0.6) is 11.5 Å². The fraction of sp³-hybridized carbons (Fsp3) is 0. The largest absolute Gasteiger partial charge is 0.508 e. The van der Waals surface area contributed by atoms with Crippen molar-refractivity contribution in [1.82, 2.24) is 0 Å². The van der Waals surface area contributed by atoms with Crippen LogP contribution in [-0.4, -0.2) is 10.2 Å². The standard InChI is InChI=1S/C12H10ClNO2/c13-10-2-1-3-11(12(10)16)14-8-4-6-9(15)7-5-8/h1-7,14-16H. The van der Waals surface area contributed by atoms with Crippen LogP contribution in [0.1, 0.15) is 0 Å². The van der Waals surface area contributed by atoms with Crippen LogP contribution in [0, 0.1) is 0 Å². The first-order valence-corrected chi connectivity index (χ1v) is 5.08. The number of anilines is 2. The zero-order valence-corrected chi connectivity index (χ0v) is 9.07. The van der Waals surface area contributed by atoms with Crippen molar-refractivity contribution in [3.05, 3.63) is 47.5 Å². The third-order valence-corrected chi connectivity index (χ3v) is 2.44. The highest BCUT2D eigenvalue weighted by Gasteiger charge is 2.04. The Labute approximate surface area is 97.9 Å². The quantitative estimate of drug-likeness (QED) is 0.552. The van der Waals surface area contributed by atoms with Gasteiger partial charge in [0.05, 0.1) is 10.7 Å². The summed E-state index contributed by atoms with van der Waals surface area (Å²) in [5, 5.41) is 22.1. The lowest BCUT2D eigenvalue weighted by Crippen LogP contribution is -1.90. The summed E-state index contributed by atoms with van der Waals surface area (Å²) < 4.78 is 0. The molecule has 2 aromatic rings. The minimum atomic E-state index is 0.0113. The minimum absolute atomic E-state index is 0.0113. The Kier molecular flexibility index (Phi) is 2.88. The lowest BCUT2D eigenvalue weighted by atomic mass is 10.2. The van der Waals surface area contributed by atoms with Gasteiger partial charge in [-0.25, -0.2) is 0 Å². The molecule has 0 aliphatic carbocycles. The zero-order chi connectivity index (χ0) is 11.5. The third-order valence-electron chi connectivity index (χ3n) is 2.13. The molecule has 0 spiro atoms. The number of hydrogen-bond donors (Lipinski definition) is 3. The Morgan fingerprint density at radius 1 is 0.938 bits per heavy atom. The smallest absolute Gasteiger partial charge is 0.157 e. The molecule has 16 heavy (non-hydrogen) atoms. The lowest BCUT2D eigenvalue weighted by Gasteiger charge is -2.09. The van der Waals surface area contributed by atoms with Crippen LogP contribution in [0.4, 0.5) is 11.4 Å². The lowest BCUT2D eigenvalue weighted by molar-refractivity contribution is 0.475. The molecular formula is C12H10ClNO2. The molecule has 0 aromatic heterocycles. The monoisotopic (exact) mass is 235 g/mol. The fourth-order valence-electron chi connectivity index (χ4n) is 1.32. The molecule has 3 N–H and O–H groups in total. The van der Waals surface area contributed by atoms with E-state index in [2.05, 4.69) is 5.32 Å². The summed E-state index contributed by atoms with van der Waals surface area (Å²) in [6.45, 7) is 0. The van der Waals surface area contributed by atoms with Gasteiger partial charge in [0.2, 0.25) is 0 Å². The van der Waals surface area contributed by atoms with Gasteiger partial charge in [-0.2, -0.15) is 0 Å². The van der Waals surface area contributed by atoms with Crippen molar-refractivity contribution in [2.24, 2.45) is 0 Å². The van der Waals surface area contributed by atoms with Crippen molar-refractivity contribution in [2.45, 2.75) is 0 Å². The second kappa shape index (κ2) is 4.33. The summed E-state index contributed by atoms with van der Waals surface area (Å²) >= 11 is 5.78. The third kappa shape index (κ3) is 2.20. The molecule has 0 aliphatic heterocycles. The number of para-hydroxylation sites is 1. The van der Waals surface area contributed by atoms with Gasteiger partial charge in [-0.3, -0.25) is 0 Å². The normalized spacial score (nSPS) is 10.1. The Balaban J connectivity index is 2.27. The fourth-order valence-corrected chi connectivity index (χ4v) is 1.49. The average Bonchev–Trinajstić information content (AvgIpc) is 2.28. The van der Waals surface area contributed by atoms with Gasteiger partial charge >= 0.3 is 0 Å². The first-order chi connectivity index (χ1) is 7.66. The van der Waals surface area contributed by atoms with E-state index in [1.54, 1.807) is 42.5 Å². The Morgan fingerprint density at radius 3 is 2.31 bits per heavy atom. The predicted molar refractivity (Wildman–Crippen MR) is 64.5 cm³/mol. The number of phenols is 2. The summed E-state index contributed by atoms with van der Waals surface area (Å²) in [6.07, 6.45) is 0. The van der Waals surface area contributed by atoms with Crippen LogP contribution in [0.3, 0.4) is 0 Å². The second-order valence-electron chi connectivity index (χ2n) is 3.31. The Morgan fingerprint density at radius 2 is 1.62 bits per heavy atom. The number of aromatic hydroxyl groups is 2. The van der Waals surface area contributed by atoms with E-state index in [4.69, 9.17) is 16.7 Å². The highest BCUT2D eigenvalue weighted by molar-refractivity contribution is 6.32.